The number of piperidine rings is 1. The molecule has 0 aromatic heterocycles. The van der Waals surface area contributed by atoms with E-state index in [1.165, 1.54) is 19.3 Å². The fourth-order valence-corrected chi connectivity index (χ4v) is 4.23. The number of hydrogen-bond donors (Lipinski definition) is 0. The molecule has 3 heteroatoms. The minimum absolute atomic E-state index is 0.299. The highest BCUT2D eigenvalue weighted by atomic mass is 16.2. The van der Waals surface area contributed by atoms with Gasteiger partial charge >= 0.3 is 0 Å². The van der Waals surface area contributed by atoms with Crippen molar-refractivity contribution in [1.82, 2.24) is 9.80 Å². The quantitative estimate of drug-likeness (QED) is 0.726. The van der Waals surface area contributed by atoms with Crippen LogP contribution >= 0.6 is 0 Å². The predicted molar refractivity (Wildman–Crippen MR) is 76.7 cm³/mol. The Balaban J connectivity index is 1.59. The van der Waals surface area contributed by atoms with Crippen molar-refractivity contribution in [2.45, 2.75) is 25.7 Å². The molecule has 0 aromatic rings. The van der Waals surface area contributed by atoms with E-state index in [0.717, 1.165) is 26.1 Å². The minimum atomic E-state index is 0.299. The second kappa shape index (κ2) is 5.28. The molecule has 3 aliphatic rings. The van der Waals surface area contributed by atoms with Gasteiger partial charge in [0.05, 0.1) is 0 Å². The molecule has 0 unspecified atom stereocenters. The molecule has 106 valence electrons. The minimum Gasteiger partial charge on any atom is -0.342 e. The zero-order valence-corrected chi connectivity index (χ0v) is 12.2. The van der Waals surface area contributed by atoms with Crippen LogP contribution in [0.3, 0.4) is 0 Å². The standard InChI is InChI=1S/C16H26N2O/c1-17(2)10-13-4-3-7-18(11-13)16(19)15-9-12-5-6-14(15)8-12/h5-6,12-15H,3-4,7-11H2,1-2H3/t12-,13-,14+,15-/m1/s1. The van der Waals surface area contributed by atoms with Gasteiger partial charge in [-0.05, 0) is 57.5 Å². The molecule has 2 bridgehead atoms. The molecule has 1 heterocycles. The van der Waals surface area contributed by atoms with Crippen molar-refractivity contribution >= 4 is 5.91 Å². The third-order valence-corrected chi connectivity index (χ3v) is 5.05. The molecule has 0 radical (unpaired) electrons. The van der Waals surface area contributed by atoms with Crippen molar-refractivity contribution in [3.8, 4) is 0 Å². The number of nitrogens with zero attached hydrogens (tertiary/aromatic N) is 2. The summed E-state index contributed by atoms with van der Waals surface area (Å²) in [6, 6.07) is 0. The van der Waals surface area contributed by atoms with Crippen molar-refractivity contribution in [2.75, 3.05) is 33.7 Å². The molecule has 2 fully saturated rings. The maximum absolute atomic E-state index is 12.7. The highest BCUT2D eigenvalue weighted by Gasteiger charge is 2.42. The summed E-state index contributed by atoms with van der Waals surface area (Å²) >= 11 is 0. The lowest BCUT2D eigenvalue weighted by molar-refractivity contribution is -0.138. The lowest BCUT2D eigenvalue weighted by Crippen LogP contribution is -2.45. The van der Waals surface area contributed by atoms with Crippen molar-refractivity contribution in [2.24, 2.45) is 23.7 Å². The van der Waals surface area contributed by atoms with Crippen molar-refractivity contribution < 1.29 is 4.79 Å². The second-order valence-electron chi connectivity index (χ2n) is 6.94. The third-order valence-electron chi connectivity index (χ3n) is 5.05. The van der Waals surface area contributed by atoms with Crippen molar-refractivity contribution in [3.05, 3.63) is 12.2 Å². The Bertz CT molecular complexity index is 377. The summed E-state index contributed by atoms with van der Waals surface area (Å²) in [5, 5.41) is 0. The van der Waals surface area contributed by atoms with Gasteiger partial charge < -0.3 is 9.80 Å². The average Bonchev–Trinajstić information content (AvgIpc) is 2.99. The fraction of sp³-hybridized carbons (Fsp3) is 0.812. The second-order valence-corrected chi connectivity index (χ2v) is 6.94. The SMILES string of the molecule is CN(C)C[C@H]1CCCN(C(=O)[C@@H]2C[C@@H]3C=C[C@H]2C3)C1. The zero-order valence-electron chi connectivity index (χ0n) is 12.2. The molecule has 4 atom stereocenters. The van der Waals surface area contributed by atoms with Crippen LogP contribution in [0.1, 0.15) is 25.7 Å². The van der Waals surface area contributed by atoms with Crippen LogP contribution in [0, 0.1) is 23.7 Å². The molecule has 3 nitrogen and oxygen atoms in total. The summed E-state index contributed by atoms with van der Waals surface area (Å²) in [5.41, 5.74) is 0. The van der Waals surface area contributed by atoms with Gasteiger partial charge in [0.25, 0.3) is 0 Å². The molecule has 0 spiro atoms. The van der Waals surface area contributed by atoms with Gasteiger partial charge in [-0.25, -0.2) is 0 Å². The number of fused-ring (bicyclic) bond motifs is 2. The molecule has 3 rings (SSSR count). The highest BCUT2D eigenvalue weighted by Crippen LogP contribution is 2.44. The van der Waals surface area contributed by atoms with E-state index in [0.29, 0.717) is 29.6 Å². The monoisotopic (exact) mass is 262 g/mol. The number of rotatable bonds is 3. The van der Waals surface area contributed by atoms with Gasteiger partial charge in [0.1, 0.15) is 0 Å². The number of carbonyl (C=O) groups is 1. The molecule has 1 saturated carbocycles. The normalized spacial score (nSPS) is 37.3. The van der Waals surface area contributed by atoms with E-state index in [1.54, 1.807) is 0 Å². The lowest BCUT2D eigenvalue weighted by Gasteiger charge is -2.36. The number of carbonyl (C=O) groups excluding carboxylic acids is 1. The molecular weight excluding hydrogens is 236 g/mol. The molecule has 1 saturated heterocycles. The summed E-state index contributed by atoms with van der Waals surface area (Å²) in [6.45, 7) is 3.08. The number of amides is 1. The largest absolute Gasteiger partial charge is 0.342 e. The van der Waals surface area contributed by atoms with Gasteiger partial charge in [-0.2, -0.15) is 0 Å². The van der Waals surface area contributed by atoms with Gasteiger partial charge in [0.15, 0.2) is 0 Å². The van der Waals surface area contributed by atoms with Crippen LogP contribution in [0.2, 0.25) is 0 Å². The molecule has 1 amide bonds. The van der Waals surface area contributed by atoms with Crippen molar-refractivity contribution in [3.63, 3.8) is 0 Å². The first-order valence-corrected chi connectivity index (χ1v) is 7.75. The summed E-state index contributed by atoms with van der Waals surface area (Å²) < 4.78 is 0. The smallest absolute Gasteiger partial charge is 0.226 e. The van der Waals surface area contributed by atoms with Gasteiger partial charge in [0, 0.05) is 25.6 Å². The highest BCUT2D eigenvalue weighted by molar-refractivity contribution is 5.80. The summed E-state index contributed by atoms with van der Waals surface area (Å²) in [7, 11) is 4.25. The van der Waals surface area contributed by atoms with Crippen LogP contribution in [-0.4, -0.2) is 49.4 Å². The fourth-order valence-electron chi connectivity index (χ4n) is 4.23. The summed E-state index contributed by atoms with van der Waals surface area (Å²) in [4.78, 5) is 17.1. The first kappa shape index (κ1) is 13.2. The number of allylic oxidation sites excluding steroid dienone is 2. The maximum atomic E-state index is 12.7. The molecule has 0 aromatic carbocycles. The Hall–Kier alpha value is -0.830. The third kappa shape index (κ3) is 2.71. The van der Waals surface area contributed by atoms with E-state index < -0.39 is 0 Å². The van der Waals surface area contributed by atoms with Gasteiger partial charge in [-0.1, -0.05) is 12.2 Å². The Morgan fingerprint density at radius 3 is 2.79 bits per heavy atom. The Labute approximate surface area is 116 Å². The van der Waals surface area contributed by atoms with E-state index in [9.17, 15) is 4.79 Å². The topological polar surface area (TPSA) is 23.6 Å². The predicted octanol–water partition coefficient (Wildman–Crippen LogP) is 2.00. The Morgan fingerprint density at radius 2 is 2.16 bits per heavy atom. The molecule has 0 N–H and O–H groups in total. The van der Waals surface area contributed by atoms with E-state index >= 15 is 0 Å². The van der Waals surface area contributed by atoms with Crippen LogP contribution < -0.4 is 0 Å². The van der Waals surface area contributed by atoms with Gasteiger partial charge in [-0.3, -0.25) is 4.79 Å². The average molecular weight is 262 g/mol. The number of likely N-dealkylation sites (tertiary alicyclic amines) is 1. The zero-order chi connectivity index (χ0) is 13.4. The maximum Gasteiger partial charge on any atom is 0.226 e. The van der Waals surface area contributed by atoms with Crippen LogP contribution in [0.4, 0.5) is 0 Å². The first-order chi connectivity index (χ1) is 9.13. The Kier molecular flexibility index (Phi) is 3.66. The van der Waals surface area contributed by atoms with Crippen molar-refractivity contribution in [1.29, 1.82) is 0 Å². The summed E-state index contributed by atoms with van der Waals surface area (Å²) in [6.07, 6.45) is 9.40. The molecule has 2 aliphatic carbocycles. The summed E-state index contributed by atoms with van der Waals surface area (Å²) in [5.74, 6) is 2.66. The van der Waals surface area contributed by atoms with Crippen LogP contribution in [0.15, 0.2) is 12.2 Å². The molecule has 19 heavy (non-hydrogen) atoms. The van der Waals surface area contributed by atoms with Crippen LogP contribution in [0.5, 0.6) is 0 Å². The van der Waals surface area contributed by atoms with E-state index in [1.807, 2.05) is 0 Å². The van der Waals surface area contributed by atoms with Crippen LogP contribution in [0.25, 0.3) is 0 Å². The van der Waals surface area contributed by atoms with Gasteiger partial charge in [-0.15, -0.1) is 0 Å². The Morgan fingerprint density at radius 1 is 1.32 bits per heavy atom. The number of hydrogen-bond acceptors (Lipinski definition) is 2. The molecular formula is C16H26N2O. The lowest BCUT2D eigenvalue weighted by atomic mass is 9.90. The van der Waals surface area contributed by atoms with E-state index in [-0.39, 0.29) is 0 Å². The van der Waals surface area contributed by atoms with E-state index in [2.05, 4.69) is 36.0 Å². The van der Waals surface area contributed by atoms with Crippen LogP contribution in [-0.2, 0) is 4.79 Å². The van der Waals surface area contributed by atoms with Gasteiger partial charge in [0.2, 0.25) is 5.91 Å². The first-order valence-electron chi connectivity index (χ1n) is 7.75. The van der Waals surface area contributed by atoms with E-state index in [4.69, 9.17) is 0 Å². The molecule has 1 aliphatic heterocycles.